The Kier molecular flexibility index (Phi) is 4.53. The molecule has 0 radical (unpaired) electrons. The van der Waals surface area contributed by atoms with Crippen molar-refractivity contribution in [3.05, 3.63) is 54.3 Å². The molecule has 0 bridgehead atoms. The number of piperazine rings is 1. The van der Waals surface area contributed by atoms with E-state index in [1.807, 2.05) is 12.1 Å². The van der Waals surface area contributed by atoms with Crippen LogP contribution in [-0.4, -0.2) is 49.1 Å². The summed E-state index contributed by atoms with van der Waals surface area (Å²) >= 11 is 0. The van der Waals surface area contributed by atoms with Crippen molar-refractivity contribution in [2.45, 2.75) is 12.5 Å². The summed E-state index contributed by atoms with van der Waals surface area (Å²) in [7, 11) is 0. The van der Waals surface area contributed by atoms with Gasteiger partial charge in [-0.05, 0) is 24.3 Å². The van der Waals surface area contributed by atoms with Gasteiger partial charge in [0, 0.05) is 0 Å². The van der Waals surface area contributed by atoms with Crippen molar-refractivity contribution in [3.8, 4) is 5.75 Å². The zero-order chi connectivity index (χ0) is 19.0. The molecule has 27 heavy (non-hydrogen) atoms. The van der Waals surface area contributed by atoms with Gasteiger partial charge in [-0.3, -0.25) is 9.59 Å². The average molecular weight is 370 g/mol. The molecule has 140 valence electrons. The normalized spacial score (nSPS) is 21.1. The van der Waals surface area contributed by atoms with Crippen molar-refractivity contribution in [3.63, 3.8) is 0 Å². The van der Waals surface area contributed by atoms with E-state index >= 15 is 0 Å². The van der Waals surface area contributed by atoms with Crippen LogP contribution in [0.2, 0.25) is 0 Å². The highest BCUT2D eigenvalue weighted by Crippen LogP contribution is 2.27. The number of phenolic OH excluding ortho intramolecular Hbond substituents is 1. The molecule has 2 saturated heterocycles. The van der Waals surface area contributed by atoms with E-state index in [1.165, 1.54) is 18.2 Å². The van der Waals surface area contributed by atoms with Gasteiger partial charge in [0.25, 0.3) is 5.91 Å². The van der Waals surface area contributed by atoms with Crippen LogP contribution in [0.25, 0.3) is 0 Å². The molecular formula is C20H21FN3O3+. The van der Waals surface area contributed by atoms with Crippen molar-refractivity contribution in [2.24, 2.45) is 0 Å². The van der Waals surface area contributed by atoms with Crippen molar-refractivity contribution >= 4 is 23.2 Å². The summed E-state index contributed by atoms with van der Waals surface area (Å²) in [5.74, 6) is -1.03. The molecule has 6 nitrogen and oxygen atoms in total. The minimum atomic E-state index is -0.570. The molecule has 2 fully saturated rings. The van der Waals surface area contributed by atoms with Crippen LogP contribution in [0.5, 0.6) is 5.75 Å². The van der Waals surface area contributed by atoms with E-state index in [2.05, 4.69) is 4.90 Å². The molecule has 4 rings (SSSR count). The number of quaternary nitrogens is 1. The van der Waals surface area contributed by atoms with Gasteiger partial charge in [0.1, 0.15) is 11.6 Å². The zero-order valence-corrected chi connectivity index (χ0v) is 14.8. The standard InChI is InChI=1S/C20H20FN3O3/c21-14-5-1-2-6-15(14)24-19(26)13-17(20(24)27)23-11-9-22(10-12-23)16-7-3-4-8-18(16)25/h1-8,17,25H,9-13H2/p+1/t17-/m0/s1. The first-order valence-corrected chi connectivity index (χ1v) is 9.05. The Morgan fingerprint density at radius 1 is 0.963 bits per heavy atom. The first kappa shape index (κ1) is 17.5. The number of rotatable bonds is 3. The number of hydrogen-bond donors (Lipinski definition) is 2. The number of para-hydroxylation sites is 3. The van der Waals surface area contributed by atoms with E-state index in [0.717, 1.165) is 15.5 Å². The summed E-state index contributed by atoms with van der Waals surface area (Å²) in [6, 6.07) is 12.5. The van der Waals surface area contributed by atoms with E-state index in [4.69, 9.17) is 0 Å². The van der Waals surface area contributed by atoms with Gasteiger partial charge in [0.05, 0.1) is 44.0 Å². The summed E-state index contributed by atoms with van der Waals surface area (Å²) in [5, 5.41) is 10.0. The fourth-order valence-electron chi connectivity index (χ4n) is 3.95. The molecule has 1 atom stereocenters. The SMILES string of the molecule is O=C1C[C@H]([NH+]2CCN(c3ccccc3O)CC2)C(=O)N1c1ccccc1F. The molecule has 0 aliphatic carbocycles. The van der Waals surface area contributed by atoms with E-state index in [9.17, 15) is 19.1 Å². The largest absolute Gasteiger partial charge is 0.506 e. The third-order valence-electron chi connectivity index (χ3n) is 5.36. The van der Waals surface area contributed by atoms with Gasteiger partial charge in [0.15, 0.2) is 6.04 Å². The van der Waals surface area contributed by atoms with Crippen LogP contribution in [0.4, 0.5) is 15.8 Å². The van der Waals surface area contributed by atoms with Crippen LogP contribution in [0.1, 0.15) is 6.42 Å². The third kappa shape index (κ3) is 3.14. The molecule has 7 heteroatoms. The van der Waals surface area contributed by atoms with Gasteiger partial charge in [-0.2, -0.15) is 0 Å². The number of carbonyl (C=O) groups excluding carboxylic acids is 2. The highest BCUT2D eigenvalue weighted by molar-refractivity contribution is 6.21. The predicted molar refractivity (Wildman–Crippen MR) is 98.3 cm³/mol. The first-order chi connectivity index (χ1) is 13.1. The van der Waals surface area contributed by atoms with Crippen LogP contribution in [0.3, 0.4) is 0 Å². The van der Waals surface area contributed by atoms with Crippen LogP contribution in [0.15, 0.2) is 48.5 Å². The fraction of sp³-hybridized carbons (Fsp3) is 0.300. The Morgan fingerprint density at radius 2 is 1.59 bits per heavy atom. The zero-order valence-electron chi connectivity index (χ0n) is 14.8. The van der Waals surface area contributed by atoms with Crippen molar-refractivity contribution in [1.29, 1.82) is 0 Å². The van der Waals surface area contributed by atoms with E-state index in [0.29, 0.717) is 26.2 Å². The van der Waals surface area contributed by atoms with Gasteiger partial charge < -0.3 is 14.9 Å². The highest BCUT2D eigenvalue weighted by atomic mass is 19.1. The minimum Gasteiger partial charge on any atom is -0.506 e. The Hall–Kier alpha value is -2.93. The summed E-state index contributed by atoms with van der Waals surface area (Å²) < 4.78 is 14.1. The predicted octanol–water partition coefficient (Wildman–Crippen LogP) is 0.568. The van der Waals surface area contributed by atoms with Crippen LogP contribution >= 0.6 is 0 Å². The molecule has 0 saturated carbocycles. The minimum absolute atomic E-state index is 0.0299. The molecule has 2 amide bonds. The number of amides is 2. The van der Waals surface area contributed by atoms with Crippen molar-refractivity contribution in [2.75, 3.05) is 36.0 Å². The number of nitrogens with one attached hydrogen (secondary N) is 1. The Morgan fingerprint density at radius 3 is 2.26 bits per heavy atom. The van der Waals surface area contributed by atoms with Crippen molar-refractivity contribution < 1.29 is 24.0 Å². The second kappa shape index (κ2) is 7.00. The van der Waals surface area contributed by atoms with Crippen LogP contribution in [0, 0.1) is 5.82 Å². The number of anilines is 2. The van der Waals surface area contributed by atoms with Crippen LogP contribution in [-0.2, 0) is 9.59 Å². The highest BCUT2D eigenvalue weighted by Gasteiger charge is 2.47. The number of phenols is 1. The lowest BCUT2D eigenvalue weighted by atomic mass is 10.1. The van der Waals surface area contributed by atoms with Gasteiger partial charge in [-0.1, -0.05) is 24.3 Å². The fourth-order valence-corrected chi connectivity index (χ4v) is 3.95. The Balaban J connectivity index is 1.46. The molecule has 2 N–H and O–H groups in total. The van der Waals surface area contributed by atoms with Crippen molar-refractivity contribution in [1.82, 2.24) is 0 Å². The first-order valence-electron chi connectivity index (χ1n) is 9.05. The Bertz CT molecular complexity index is 880. The van der Waals surface area contributed by atoms with Gasteiger partial charge in [-0.15, -0.1) is 0 Å². The molecular weight excluding hydrogens is 349 g/mol. The number of hydrogen-bond acceptors (Lipinski definition) is 4. The van der Waals surface area contributed by atoms with Gasteiger partial charge >= 0.3 is 0 Å². The molecule has 0 spiro atoms. The van der Waals surface area contributed by atoms with Gasteiger partial charge in [-0.25, -0.2) is 9.29 Å². The van der Waals surface area contributed by atoms with E-state index in [1.54, 1.807) is 18.2 Å². The average Bonchev–Trinajstić information content (AvgIpc) is 2.97. The molecule has 0 unspecified atom stereocenters. The van der Waals surface area contributed by atoms with Gasteiger partial charge in [0.2, 0.25) is 5.91 Å². The topological polar surface area (TPSA) is 65.3 Å². The van der Waals surface area contributed by atoms with E-state index < -0.39 is 11.9 Å². The molecule has 2 aromatic rings. The smallest absolute Gasteiger partial charge is 0.292 e. The number of imide groups is 1. The molecule has 2 aromatic carbocycles. The number of halogens is 1. The monoisotopic (exact) mass is 370 g/mol. The lowest BCUT2D eigenvalue weighted by Crippen LogP contribution is -3.19. The molecule has 2 aliphatic heterocycles. The third-order valence-corrected chi connectivity index (χ3v) is 5.36. The second-order valence-corrected chi connectivity index (χ2v) is 6.91. The molecule has 2 aliphatic rings. The number of nitrogens with zero attached hydrogens (tertiary/aromatic N) is 2. The quantitative estimate of drug-likeness (QED) is 0.776. The summed E-state index contributed by atoms with van der Waals surface area (Å²) in [5.41, 5.74) is 0.806. The lowest BCUT2D eigenvalue weighted by molar-refractivity contribution is -0.915. The second-order valence-electron chi connectivity index (χ2n) is 6.91. The number of benzene rings is 2. The maximum absolute atomic E-state index is 14.1. The Labute approximate surface area is 156 Å². The maximum Gasteiger partial charge on any atom is 0.292 e. The maximum atomic E-state index is 14.1. The number of aromatic hydroxyl groups is 1. The lowest BCUT2D eigenvalue weighted by Gasteiger charge is -2.35. The summed E-state index contributed by atoms with van der Waals surface area (Å²) in [6.07, 6.45) is 0.0963. The summed E-state index contributed by atoms with van der Waals surface area (Å²) in [6.45, 7) is 2.68. The van der Waals surface area contributed by atoms with Crippen LogP contribution < -0.4 is 14.7 Å². The molecule has 2 heterocycles. The van der Waals surface area contributed by atoms with E-state index in [-0.39, 0.29) is 29.7 Å². The molecule has 0 aromatic heterocycles. The number of carbonyl (C=O) groups is 2. The summed E-state index contributed by atoms with van der Waals surface area (Å²) in [4.78, 5) is 29.3.